The van der Waals surface area contributed by atoms with Gasteiger partial charge in [0.05, 0.1) is 17.0 Å². The van der Waals surface area contributed by atoms with Crippen molar-refractivity contribution in [1.82, 2.24) is 9.97 Å². The number of aryl methyl sites for hydroxylation is 1. The van der Waals surface area contributed by atoms with Crippen LogP contribution in [0.25, 0.3) is 17.3 Å². The van der Waals surface area contributed by atoms with Crippen molar-refractivity contribution >= 4 is 17.7 Å². The number of rotatable bonds is 7. The highest BCUT2D eigenvalue weighted by atomic mass is 16.5. The van der Waals surface area contributed by atoms with Gasteiger partial charge in [-0.25, -0.2) is 4.79 Å². The maximum atomic E-state index is 12.5. The second-order valence-corrected chi connectivity index (χ2v) is 11.7. The molecule has 6 nitrogen and oxygen atoms in total. The molecule has 0 aliphatic carbocycles. The fourth-order valence-corrected chi connectivity index (χ4v) is 4.34. The third-order valence-corrected chi connectivity index (χ3v) is 6.41. The quantitative estimate of drug-likeness (QED) is 0.477. The first-order valence-corrected chi connectivity index (χ1v) is 12.6. The van der Waals surface area contributed by atoms with Crippen LogP contribution in [0.5, 0.6) is 0 Å². The standard InChI is InChI=1S/C29H41N3O3/c1-19(2)9-10-21-11-12-23(31-17-21)22-18-30-20(3)24(26(27(33)34)35-28(4,5)6)25(22)32-15-13-29(7,8)14-16-32/h9-12,17-19,26H,13-16H2,1-8H3,(H,33,34)/b10-9-. The maximum Gasteiger partial charge on any atom is 0.337 e. The summed E-state index contributed by atoms with van der Waals surface area (Å²) in [5.41, 5.74) is 4.45. The van der Waals surface area contributed by atoms with E-state index in [0.717, 1.165) is 48.4 Å². The van der Waals surface area contributed by atoms with Gasteiger partial charge in [0, 0.05) is 42.3 Å². The molecular formula is C29H41N3O3. The number of ether oxygens (including phenoxy) is 1. The van der Waals surface area contributed by atoms with Crippen LogP contribution in [0.3, 0.4) is 0 Å². The molecule has 1 saturated heterocycles. The second-order valence-electron chi connectivity index (χ2n) is 11.7. The largest absolute Gasteiger partial charge is 0.479 e. The predicted molar refractivity (Wildman–Crippen MR) is 143 cm³/mol. The van der Waals surface area contributed by atoms with E-state index in [1.807, 2.05) is 52.2 Å². The minimum atomic E-state index is -1.12. The Bertz CT molecular complexity index is 1060. The van der Waals surface area contributed by atoms with Gasteiger partial charge in [-0.3, -0.25) is 9.97 Å². The molecule has 6 heteroatoms. The molecule has 0 aromatic carbocycles. The molecule has 1 fully saturated rings. The first kappa shape index (κ1) is 26.9. The summed E-state index contributed by atoms with van der Waals surface area (Å²) in [6, 6.07) is 4.04. The third-order valence-electron chi connectivity index (χ3n) is 6.41. The maximum absolute atomic E-state index is 12.5. The molecular weight excluding hydrogens is 438 g/mol. The van der Waals surface area contributed by atoms with Gasteiger partial charge in [0.15, 0.2) is 6.10 Å². The Morgan fingerprint density at radius 1 is 1.14 bits per heavy atom. The van der Waals surface area contributed by atoms with Crippen LogP contribution in [0, 0.1) is 18.3 Å². The summed E-state index contributed by atoms with van der Waals surface area (Å²) >= 11 is 0. The highest BCUT2D eigenvalue weighted by Crippen LogP contribution is 2.43. The molecule has 190 valence electrons. The van der Waals surface area contributed by atoms with Crippen LogP contribution in [-0.4, -0.2) is 39.7 Å². The highest BCUT2D eigenvalue weighted by Gasteiger charge is 2.35. The number of piperidine rings is 1. The Kier molecular flexibility index (Phi) is 8.05. The molecule has 2 aromatic heterocycles. The molecule has 1 aliphatic heterocycles. The number of carbonyl (C=O) groups is 1. The first-order chi connectivity index (χ1) is 16.3. The number of hydrogen-bond donors (Lipinski definition) is 1. The summed E-state index contributed by atoms with van der Waals surface area (Å²) in [6.45, 7) is 18.0. The summed E-state index contributed by atoms with van der Waals surface area (Å²) in [5, 5.41) is 10.2. The first-order valence-electron chi connectivity index (χ1n) is 12.6. The second kappa shape index (κ2) is 10.5. The molecule has 1 unspecified atom stereocenters. The number of hydrogen-bond acceptors (Lipinski definition) is 5. The van der Waals surface area contributed by atoms with Crippen LogP contribution in [0.15, 0.2) is 30.6 Å². The summed E-state index contributed by atoms with van der Waals surface area (Å²) < 4.78 is 6.11. The van der Waals surface area contributed by atoms with Crippen LogP contribution >= 0.6 is 0 Å². The van der Waals surface area contributed by atoms with Gasteiger partial charge >= 0.3 is 5.97 Å². The number of nitrogens with zero attached hydrogens (tertiary/aromatic N) is 3. The number of pyridine rings is 2. The minimum Gasteiger partial charge on any atom is -0.479 e. The number of allylic oxidation sites excluding steroid dienone is 1. The van der Waals surface area contributed by atoms with E-state index >= 15 is 0 Å². The molecule has 1 aliphatic rings. The van der Waals surface area contributed by atoms with Gasteiger partial charge in [-0.2, -0.15) is 0 Å². The lowest BCUT2D eigenvalue weighted by Crippen LogP contribution is -2.39. The van der Waals surface area contributed by atoms with Crippen molar-refractivity contribution in [2.45, 2.75) is 79.9 Å². The lowest BCUT2D eigenvalue weighted by atomic mass is 9.82. The molecule has 3 heterocycles. The van der Waals surface area contributed by atoms with Crippen molar-refractivity contribution in [2.75, 3.05) is 18.0 Å². The molecule has 1 N–H and O–H groups in total. The van der Waals surface area contributed by atoms with Crippen LogP contribution in [0.2, 0.25) is 0 Å². The number of carboxylic acids is 1. The molecule has 0 saturated carbocycles. The van der Waals surface area contributed by atoms with E-state index in [1.54, 1.807) is 0 Å². The van der Waals surface area contributed by atoms with E-state index in [4.69, 9.17) is 9.72 Å². The van der Waals surface area contributed by atoms with Gasteiger partial charge < -0.3 is 14.7 Å². The van der Waals surface area contributed by atoms with Crippen molar-refractivity contribution in [2.24, 2.45) is 11.3 Å². The Morgan fingerprint density at radius 3 is 2.31 bits per heavy atom. The van der Waals surface area contributed by atoms with E-state index in [-0.39, 0.29) is 5.41 Å². The van der Waals surface area contributed by atoms with E-state index in [0.29, 0.717) is 17.2 Å². The third kappa shape index (κ3) is 6.91. The molecule has 2 aromatic rings. The summed E-state index contributed by atoms with van der Waals surface area (Å²) in [7, 11) is 0. The minimum absolute atomic E-state index is 0.260. The van der Waals surface area contributed by atoms with Crippen molar-refractivity contribution in [1.29, 1.82) is 0 Å². The zero-order valence-electron chi connectivity index (χ0n) is 22.6. The van der Waals surface area contributed by atoms with E-state index in [1.165, 1.54) is 0 Å². The average Bonchev–Trinajstić information content (AvgIpc) is 2.76. The molecule has 1 atom stereocenters. The fraction of sp³-hybridized carbons (Fsp3) is 0.552. The monoisotopic (exact) mass is 479 g/mol. The SMILES string of the molecule is Cc1ncc(-c2ccc(/C=C\C(C)C)cn2)c(N2CCC(C)(C)CC2)c1C(OC(C)(C)C)C(=O)O. The Morgan fingerprint density at radius 2 is 1.80 bits per heavy atom. The Labute approximate surface area is 210 Å². The number of carboxylic acid groups (broad SMARTS) is 1. The lowest BCUT2D eigenvalue weighted by molar-refractivity contribution is -0.160. The molecule has 35 heavy (non-hydrogen) atoms. The molecule has 0 bridgehead atoms. The van der Waals surface area contributed by atoms with Gasteiger partial charge in [-0.15, -0.1) is 0 Å². The zero-order chi connectivity index (χ0) is 26.0. The van der Waals surface area contributed by atoms with Crippen LogP contribution < -0.4 is 4.90 Å². The summed E-state index contributed by atoms with van der Waals surface area (Å²) in [4.78, 5) is 24.2. The number of aromatic nitrogens is 2. The molecule has 0 radical (unpaired) electrons. The van der Waals surface area contributed by atoms with E-state index < -0.39 is 17.7 Å². The zero-order valence-corrected chi connectivity index (χ0v) is 22.6. The lowest BCUT2D eigenvalue weighted by Gasteiger charge is -2.40. The van der Waals surface area contributed by atoms with E-state index in [2.05, 4.69) is 49.7 Å². The van der Waals surface area contributed by atoms with Gasteiger partial charge in [0.1, 0.15) is 0 Å². The molecule has 0 spiro atoms. The fourth-order valence-electron chi connectivity index (χ4n) is 4.34. The van der Waals surface area contributed by atoms with Gasteiger partial charge in [0.25, 0.3) is 0 Å². The molecule has 3 rings (SSSR count). The van der Waals surface area contributed by atoms with Gasteiger partial charge in [0.2, 0.25) is 0 Å². The normalized spacial score (nSPS) is 17.2. The van der Waals surface area contributed by atoms with Crippen molar-refractivity contribution in [3.8, 4) is 11.3 Å². The van der Waals surface area contributed by atoms with Crippen LogP contribution in [0.4, 0.5) is 5.69 Å². The van der Waals surface area contributed by atoms with E-state index in [9.17, 15) is 9.90 Å². The van der Waals surface area contributed by atoms with Crippen molar-refractivity contribution in [3.05, 3.63) is 47.4 Å². The predicted octanol–water partition coefficient (Wildman–Crippen LogP) is 6.69. The smallest absolute Gasteiger partial charge is 0.337 e. The van der Waals surface area contributed by atoms with Gasteiger partial charge in [-0.1, -0.05) is 45.9 Å². The average molecular weight is 480 g/mol. The van der Waals surface area contributed by atoms with Gasteiger partial charge in [-0.05, 0) is 63.5 Å². The van der Waals surface area contributed by atoms with Crippen LogP contribution in [-0.2, 0) is 9.53 Å². The Hall–Kier alpha value is -2.73. The molecule has 0 amide bonds. The highest BCUT2D eigenvalue weighted by molar-refractivity contribution is 5.85. The Balaban J connectivity index is 2.17. The topological polar surface area (TPSA) is 75.5 Å². The number of anilines is 1. The van der Waals surface area contributed by atoms with Crippen molar-refractivity contribution in [3.63, 3.8) is 0 Å². The summed E-state index contributed by atoms with van der Waals surface area (Å²) in [5.74, 6) is -0.549. The van der Waals surface area contributed by atoms with Crippen LogP contribution in [0.1, 0.15) is 84.2 Å². The summed E-state index contributed by atoms with van der Waals surface area (Å²) in [6.07, 6.45) is 8.83. The number of aliphatic carboxylic acids is 1. The van der Waals surface area contributed by atoms with Crippen molar-refractivity contribution < 1.29 is 14.6 Å².